The Morgan fingerprint density at radius 3 is 2.67 bits per heavy atom. The number of hydrogen-bond donors (Lipinski definition) is 0. The van der Waals surface area contributed by atoms with Crippen molar-refractivity contribution >= 4 is 17.1 Å². The highest BCUT2D eigenvalue weighted by Gasteiger charge is 2.26. The number of halogens is 3. The number of hydrogen-bond acceptors (Lipinski definition) is 3. The van der Waals surface area contributed by atoms with Gasteiger partial charge in [0.05, 0.1) is 4.88 Å². The van der Waals surface area contributed by atoms with Gasteiger partial charge in [-0.15, -0.1) is 11.3 Å². The van der Waals surface area contributed by atoms with E-state index in [4.69, 9.17) is 4.74 Å². The molecule has 0 fully saturated rings. The van der Waals surface area contributed by atoms with Crippen LogP contribution in [0, 0.1) is 0 Å². The van der Waals surface area contributed by atoms with Gasteiger partial charge in [-0.25, -0.2) is 0 Å². The number of carbonyl (C=O) groups excluding carboxylic acids is 1. The van der Waals surface area contributed by atoms with Crippen molar-refractivity contribution in [3.63, 3.8) is 0 Å². The number of Topliss-reactive ketones (excluding diaryl/α,β-unsaturated/α-hetero) is 1. The molecular formula is C12H15F3O2S. The third kappa shape index (κ3) is 5.64. The normalized spacial score (nSPS) is 11.8. The number of thiophene rings is 1. The summed E-state index contributed by atoms with van der Waals surface area (Å²) in [6.07, 6.45) is -4.27. The van der Waals surface area contributed by atoms with Crippen LogP contribution in [0.3, 0.4) is 0 Å². The summed E-state index contributed by atoms with van der Waals surface area (Å²) in [5, 5.41) is 0. The molecule has 0 aliphatic rings. The Morgan fingerprint density at radius 2 is 2.11 bits per heavy atom. The molecule has 0 unspecified atom stereocenters. The lowest BCUT2D eigenvalue weighted by Gasteiger charge is -2.05. The molecule has 0 aliphatic heterocycles. The first-order valence-corrected chi connectivity index (χ1v) is 6.50. The lowest BCUT2D eigenvalue weighted by atomic mass is 10.3. The number of aryl methyl sites for hydroxylation is 1. The van der Waals surface area contributed by atoms with Crippen LogP contribution in [0.2, 0.25) is 0 Å². The van der Waals surface area contributed by atoms with Gasteiger partial charge in [-0.05, 0) is 25.0 Å². The minimum atomic E-state index is -4.16. The summed E-state index contributed by atoms with van der Waals surface area (Å²) in [6, 6.07) is 3.60. The van der Waals surface area contributed by atoms with Gasteiger partial charge in [0.1, 0.15) is 6.61 Å². The van der Waals surface area contributed by atoms with Crippen molar-refractivity contribution in [3.8, 4) is 0 Å². The maximum atomic E-state index is 11.8. The fourth-order valence-electron chi connectivity index (χ4n) is 1.33. The van der Waals surface area contributed by atoms with Crippen LogP contribution in [0.5, 0.6) is 0 Å². The minimum absolute atomic E-state index is 0.0444. The van der Waals surface area contributed by atoms with Gasteiger partial charge in [0.2, 0.25) is 0 Å². The highest BCUT2D eigenvalue weighted by Crippen LogP contribution is 2.21. The molecule has 0 aliphatic carbocycles. The smallest absolute Gasteiger partial charge is 0.373 e. The van der Waals surface area contributed by atoms with E-state index in [-0.39, 0.29) is 25.4 Å². The van der Waals surface area contributed by atoms with Crippen molar-refractivity contribution in [1.82, 2.24) is 0 Å². The maximum Gasteiger partial charge on any atom is 0.389 e. The van der Waals surface area contributed by atoms with Crippen LogP contribution in [-0.4, -0.2) is 25.2 Å². The largest absolute Gasteiger partial charge is 0.389 e. The standard InChI is InChI=1S/C12H15F3O2S/c1-2-9-4-5-11(18-9)10(16)8-17-7-3-6-12(13,14)15/h4-5H,2-3,6-8H2,1H3. The fourth-order valence-corrected chi connectivity index (χ4v) is 2.20. The van der Waals surface area contributed by atoms with Gasteiger partial charge < -0.3 is 4.74 Å². The minimum Gasteiger partial charge on any atom is -0.373 e. The average molecular weight is 280 g/mol. The molecule has 0 bridgehead atoms. The second kappa shape index (κ2) is 6.89. The molecule has 1 heterocycles. The second-order valence-electron chi connectivity index (χ2n) is 3.81. The third-order valence-corrected chi connectivity index (χ3v) is 3.54. The van der Waals surface area contributed by atoms with Crippen molar-refractivity contribution < 1.29 is 22.7 Å². The van der Waals surface area contributed by atoms with Crippen molar-refractivity contribution in [2.24, 2.45) is 0 Å². The summed E-state index contributed by atoms with van der Waals surface area (Å²) < 4.78 is 40.4. The number of rotatable bonds is 7. The zero-order valence-electron chi connectivity index (χ0n) is 10.0. The van der Waals surface area contributed by atoms with Crippen LogP contribution in [0.4, 0.5) is 13.2 Å². The number of carbonyl (C=O) groups is 1. The van der Waals surface area contributed by atoms with Crippen molar-refractivity contribution in [2.45, 2.75) is 32.4 Å². The van der Waals surface area contributed by atoms with Gasteiger partial charge in [-0.1, -0.05) is 6.92 Å². The third-order valence-electron chi connectivity index (χ3n) is 2.27. The highest BCUT2D eigenvalue weighted by molar-refractivity contribution is 7.14. The van der Waals surface area contributed by atoms with E-state index >= 15 is 0 Å². The van der Waals surface area contributed by atoms with E-state index in [1.54, 1.807) is 6.07 Å². The summed E-state index contributed by atoms with van der Waals surface area (Å²) in [7, 11) is 0. The first-order chi connectivity index (χ1) is 8.42. The van der Waals surface area contributed by atoms with Gasteiger partial charge in [-0.3, -0.25) is 4.79 Å². The maximum absolute atomic E-state index is 11.8. The van der Waals surface area contributed by atoms with Crippen LogP contribution in [-0.2, 0) is 11.2 Å². The SMILES string of the molecule is CCc1ccc(C(=O)COCCCC(F)(F)F)s1. The molecule has 0 spiro atoms. The number of ketones is 1. The molecule has 102 valence electrons. The van der Waals surface area contributed by atoms with E-state index in [0.717, 1.165) is 11.3 Å². The van der Waals surface area contributed by atoms with Crippen LogP contribution in [0.1, 0.15) is 34.3 Å². The molecule has 0 saturated carbocycles. The Kier molecular flexibility index (Phi) is 5.81. The Labute approximate surface area is 108 Å². The van der Waals surface area contributed by atoms with E-state index in [2.05, 4.69) is 0 Å². The van der Waals surface area contributed by atoms with Crippen LogP contribution in [0.25, 0.3) is 0 Å². The predicted octanol–water partition coefficient (Wildman–Crippen LogP) is 3.85. The molecule has 1 aromatic rings. The highest BCUT2D eigenvalue weighted by atomic mass is 32.1. The zero-order chi connectivity index (χ0) is 13.6. The summed E-state index contributed by atoms with van der Waals surface area (Å²) in [5.74, 6) is -0.174. The van der Waals surface area contributed by atoms with E-state index in [9.17, 15) is 18.0 Å². The molecule has 18 heavy (non-hydrogen) atoms. The van der Waals surface area contributed by atoms with Crippen LogP contribution in [0.15, 0.2) is 12.1 Å². The van der Waals surface area contributed by atoms with Gasteiger partial charge >= 0.3 is 6.18 Å². The molecule has 0 atom stereocenters. The van der Waals surface area contributed by atoms with Gasteiger partial charge in [0.15, 0.2) is 5.78 Å². The Morgan fingerprint density at radius 1 is 1.39 bits per heavy atom. The summed E-state index contributed by atoms with van der Waals surface area (Å²) >= 11 is 1.40. The molecule has 2 nitrogen and oxygen atoms in total. The number of ether oxygens (including phenoxy) is 1. The summed E-state index contributed by atoms with van der Waals surface area (Å²) in [4.78, 5) is 13.3. The first-order valence-electron chi connectivity index (χ1n) is 5.69. The quantitative estimate of drug-likeness (QED) is 0.560. The van der Waals surface area contributed by atoms with Crippen molar-refractivity contribution in [2.75, 3.05) is 13.2 Å². The van der Waals surface area contributed by atoms with Crippen LogP contribution < -0.4 is 0 Å². The van der Waals surface area contributed by atoms with E-state index < -0.39 is 12.6 Å². The number of alkyl halides is 3. The van der Waals surface area contributed by atoms with E-state index in [1.165, 1.54) is 11.3 Å². The molecule has 1 rings (SSSR count). The molecule has 1 aromatic heterocycles. The van der Waals surface area contributed by atoms with Crippen LogP contribution >= 0.6 is 11.3 Å². The van der Waals surface area contributed by atoms with E-state index in [0.29, 0.717) is 4.88 Å². The lowest BCUT2D eigenvalue weighted by Crippen LogP contribution is -2.12. The Hall–Kier alpha value is -0.880. The second-order valence-corrected chi connectivity index (χ2v) is 4.98. The molecule has 6 heteroatoms. The van der Waals surface area contributed by atoms with Crippen molar-refractivity contribution in [1.29, 1.82) is 0 Å². The Balaban J connectivity index is 2.21. The molecule has 0 N–H and O–H groups in total. The summed E-state index contributed by atoms with van der Waals surface area (Å²) in [6.45, 7) is 1.80. The Bertz CT molecular complexity index is 385. The van der Waals surface area contributed by atoms with Gasteiger partial charge in [0.25, 0.3) is 0 Å². The van der Waals surface area contributed by atoms with Gasteiger partial charge in [-0.2, -0.15) is 13.2 Å². The molecule has 0 amide bonds. The zero-order valence-corrected chi connectivity index (χ0v) is 10.9. The van der Waals surface area contributed by atoms with Gasteiger partial charge in [0, 0.05) is 17.9 Å². The average Bonchev–Trinajstić information content (AvgIpc) is 2.75. The molecule has 0 radical (unpaired) electrons. The molecular weight excluding hydrogens is 265 g/mol. The monoisotopic (exact) mass is 280 g/mol. The molecule has 0 aromatic carbocycles. The predicted molar refractivity (Wildman–Crippen MR) is 64.1 cm³/mol. The van der Waals surface area contributed by atoms with E-state index in [1.807, 2.05) is 13.0 Å². The molecule has 0 saturated heterocycles. The van der Waals surface area contributed by atoms with Crippen molar-refractivity contribution in [3.05, 3.63) is 21.9 Å². The topological polar surface area (TPSA) is 26.3 Å². The lowest BCUT2D eigenvalue weighted by molar-refractivity contribution is -0.137. The fraction of sp³-hybridized carbons (Fsp3) is 0.583. The first kappa shape index (κ1) is 15.2. The summed E-state index contributed by atoms with van der Waals surface area (Å²) in [5.41, 5.74) is 0.